The number of amides is 2. The Labute approximate surface area is 216 Å². The number of fused-ring (bicyclic) bond motifs is 2. The maximum absolute atomic E-state index is 13.9. The summed E-state index contributed by atoms with van der Waals surface area (Å²) in [6.45, 7) is 12.2. The van der Waals surface area contributed by atoms with E-state index >= 15 is 0 Å². The lowest BCUT2D eigenvalue weighted by Gasteiger charge is -2.29. The van der Waals surface area contributed by atoms with Crippen molar-refractivity contribution in [1.82, 2.24) is 19.8 Å². The summed E-state index contributed by atoms with van der Waals surface area (Å²) in [5, 5.41) is 2.87. The number of nitrogens with one attached hydrogen (secondary N) is 2. The first-order valence-electron chi connectivity index (χ1n) is 12.8. The first-order valence-corrected chi connectivity index (χ1v) is 12.8. The minimum atomic E-state index is -0.337. The molecule has 8 heteroatoms. The molecule has 2 aromatic heterocycles. The van der Waals surface area contributed by atoms with Gasteiger partial charge in [-0.15, -0.1) is 0 Å². The monoisotopic (exact) mass is 501 g/mol. The Hall–Kier alpha value is -3.78. The number of hydrogen-bond acceptors (Lipinski definition) is 4. The molecule has 0 atom stereocenters. The zero-order chi connectivity index (χ0) is 26.3. The summed E-state index contributed by atoms with van der Waals surface area (Å²) in [4.78, 5) is 38.4. The summed E-state index contributed by atoms with van der Waals surface area (Å²) in [7, 11) is 0. The quantitative estimate of drug-likeness (QED) is 0.461. The van der Waals surface area contributed by atoms with Gasteiger partial charge in [0.25, 0.3) is 11.8 Å². The van der Waals surface area contributed by atoms with Crippen molar-refractivity contribution in [3.05, 3.63) is 69.9 Å². The number of carbonyl (C=O) groups is 2. The number of halogens is 1. The summed E-state index contributed by atoms with van der Waals surface area (Å²) in [6.07, 6.45) is 4.17. The van der Waals surface area contributed by atoms with Crippen LogP contribution in [0.1, 0.15) is 52.3 Å². The molecule has 0 saturated carbocycles. The third kappa shape index (κ3) is 4.57. The highest BCUT2D eigenvalue weighted by molar-refractivity contribution is 6.35. The molecule has 37 heavy (non-hydrogen) atoms. The van der Waals surface area contributed by atoms with E-state index in [0.29, 0.717) is 46.7 Å². The van der Waals surface area contributed by atoms with Crippen LogP contribution in [0.3, 0.4) is 0 Å². The van der Waals surface area contributed by atoms with Crippen LogP contribution in [-0.4, -0.2) is 64.3 Å². The Kier molecular flexibility index (Phi) is 6.69. The van der Waals surface area contributed by atoms with Crippen LogP contribution in [0, 0.1) is 19.7 Å². The fourth-order valence-corrected chi connectivity index (χ4v) is 5.22. The van der Waals surface area contributed by atoms with E-state index in [9.17, 15) is 14.0 Å². The van der Waals surface area contributed by atoms with Crippen LogP contribution in [-0.2, 0) is 11.2 Å². The van der Waals surface area contributed by atoms with Gasteiger partial charge in [-0.25, -0.2) is 4.39 Å². The molecule has 5 rings (SSSR count). The maximum atomic E-state index is 13.9. The topological polar surface area (TPSA) is 81.3 Å². The number of benzene rings is 1. The Bertz CT molecular complexity index is 1420. The fourth-order valence-electron chi connectivity index (χ4n) is 5.22. The van der Waals surface area contributed by atoms with Gasteiger partial charge in [0, 0.05) is 48.6 Å². The Morgan fingerprint density at radius 3 is 2.68 bits per heavy atom. The SMILES string of the molecule is CCN(CC)CCN1CCc2[nH]c(/C=C3\C(=O)Nc4cnc(-c5cc(F)ccc5C)cc43)c(C)c2C1=O. The molecule has 0 fully saturated rings. The molecule has 0 spiro atoms. The number of hydrogen-bond donors (Lipinski definition) is 2. The molecule has 7 nitrogen and oxygen atoms in total. The van der Waals surface area contributed by atoms with Crippen molar-refractivity contribution in [3.63, 3.8) is 0 Å². The molecule has 0 bridgehead atoms. The van der Waals surface area contributed by atoms with Gasteiger partial charge in [-0.3, -0.25) is 14.6 Å². The standard InChI is InChI=1S/C29H32FN5O2/c1-5-34(6-2)11-12-35-10-9-23-27(29(35)37)18(4)24(32-23)15-22-21-14-25(31-16-26(21)33-28(22)36)20-13-19(30)8-7-17(20)3/h7-8,13-16,32H,5-6,9-12H2,1-4H3,(H,33,36)/b22-15-. The van der Waals surface area contributed by atoms with E-state index in [0.717, 1.165) is 48.6 Å². The number of aromatic nitrogens is 2. The van der Waals surface area contributed by atoms with E-state index in [2.05, 4.69) is 34.0 Å². The Morgan fingerprint density at radius 2 is 1.92 bits per heavy atom. The van der Waals surface area contributed by atoms with Crippen LogP contribution >= 0.6 is 0 Å². The van der Waals surface area contributed by atoms with Crippen LogP contribution in [0.4, 0.5) is 10.1 Å². The first-order chi connectivity index (χ1) is 17.8. The van der Waals surface area contributed by atoms with Gasteiger partial charge in [0.2, 0.25) is 0 Å². The van der Waals surface area contributed by atoms with Gasteiger partial charge >= 0.3 is 0 Å². The number of carbonyl (C=O) groups excluding carboxylic acids is 2. The lowest BCUT2D eigenvalue weighted by atomic mass is 9.99. The number of anilines is 1. The normalized spacial score (nSPS) is 15.9. The lowest BCUT2D eigenvalue weighted by molar-refractivity contribution is -0.110. The second-order valence-electron chi connectivity index (χ2n) is 9.67. The van der Waals surface area contributed by atoms with Gasteiger partial charge in [-0.05, 0) is 62.3 Å². The largest absolute Gasteiger partial charge is 0.358 e. The van der Waals surface area contributed by atoms with Crippen molar-refractivity contribution in [1.29, 1.82) is 0 Å². The fraction of sp³-hybridized carbons (Fsp3) is 0.345. The Morgan fingerprint density at radius 1 is 1.14 bits per heavy atom. The van der Waals surface area contributed by atoms with Crippen molar-refractivity contribution >= 4 is 29.2 Å². The van der Waals surface area contributed by atoms with E-state index in [1.807, 2.05) is 30.9 Å². The molecule has 1 aromatic carbocycles. The summed E-state index contributed by atoms with van der Waals surface area (Å²) in [5.41, 5.74) is 7.20. The molecule has 2 amide bonds. The maximum Gasteiger partial charge on any atom is 0.256 e. The average molecular weight is 502 g/mol. The van der Waals surface area contributed by atoms with Gasteiger partial charge < -0.3 is 20.1 Å². The number of pyridine rings is 1. The molecule has 2 aliphatic rings. The van der Waals surface area contributed by atoms with Crippen molar-refractivity contribution < 1.29 is 14.0 Å². The van der Waals surface area contributed by atoms with Gasteiger partial charge in [0.15, 0.2) is 0 Å². The molecule has 0 aliphatic carbocycles. The van der Waals surface area contributed by atoms with Gasteiger partial charge in [0.05, 0.1) is 28.7 Å². The van der Waals surface area contributed by atoms with Crippen LogP contribution < -0.4 is 5.32 Å². The minimum absolute atomic E-state index is 0.0381. The molecule has 0 saturated heterocycles. The van der Waals surface area contributed by atoms with E-state index in [-0.39, 0.29) is 17.6 Å². The number of aromatic amines is 1. The van der Waals surface area contributed by atoms with E-state index in [1.54, 1.807) is 12.3 Å². The third-order valence-corrected chi connectivity index (χ3v) is 7.53. The van der Waals surface area contributed by atoms with Crippen molar-refractivity contribution in [2.75, 3.05) is 38.0 Å². The number of rotatable bonds is 7. The van der Waals surface area contributed by atoms with Crippen LogP contribution in [0.5, 0.6) is 0 Å². The predicted octanol–water partition coefficient (Wildman–Crippen LogP) is 4.67. The zero-order valence-corrected chi connectivity index (χ0v) is 21.7. The summed E-state index contributed by atoms with van der Waals surface area (Å²) in [5.74, 6) is -0.531. The number of likely N-dealkylation sites (N-methyl/N-ethyl adjacent to an activating group) is 1. The van der Waals surface area contributed by atoms with Crippen molar-refractivity contribution in [2.45, 2.75) is 34.1 Å². The van der Waals surface area contributed by atoms with Gasteiger partial charge in [0.1, 0.15) is 5.82 Å². The second kappa shape index (κ2) is 9.94. The Balaban J connectivity index is 1.47. The minimum Gasteiger partial charge on any atom is -0.358 e. The molecule has 4 heterocycles. The van der Waals surface area contributed by atoms with Gasteiger partial charge in [-0.1, -0.05) is 19.9 Å². The number of nitrogens with zero attached hydrogens (tertiary/aromatic N) is 3. The van der Waals surface area contributed by atoms with Gasteiger partial charge in [-0.2, -0.15) is 0 Å². The van der Waals surface area contributed by atoms with Crippen molar-refractivity contribution in [3.8, 4) is 11.3 Å². The molecule has 192 valence electrons. The molecule has 3 aromatic rings. The predicted molar refractivity (Wildman–Crippen MR) is 144 cm³/mol. The average Bonchev–Trinajstić information content (AvgIpc) is 3.38. The van der Waals surface area contributed by atoms with E-state index in [1.165, 1.54) is 12.1 Å². The summed E-state index contributed by atoms with van der Waals surface area (Å²) >= 11 is 0. The molecule has 2 aliphatic heterocycles. The van der Waals surface area contributed by atoms with Crippen molar-refractivity contribution in [2.24, 2.45) is 0 Å². The second-order valence-corrected chi connectivity index (χ2v) is 9.67. The summed E-state index contributed by atoms with van der Waals surface area (Å²) < 4.78 is 13.9. The number of H-pyrrole nitrogens is 1. The molecule has 0 unspecified atom stereocenters. The van der Waals surface area contributed by atoms with Crippen LogP contribution in [0.2, 0.25) is 0 Å². The molecule has 2 N–H and O–H groups in total. The summed E-state index contributed by atoms with van der Waals surface area (Å²) in [6, 6.07) is 6.41. The van der Waals surface area contributed by atoms with Crippen LogP contribution in [0.15, 0.2) is 30.5 Å². The molecular formula is C29H32FN5O2. The smallest absolute Gasteiger partial charge is 0.256 e. The molecular weight excluding hydrogens is 469 g/mol. The van der Waals surface area contributed by atoms with E-state index in [4.69, 9.17) is 0 Å². The highest BCUT2D eigenvalue weighted by Crippen LogP contribution is 2.37. The highest BCUT2D eigenvalue weighted by Gasteiger charge is 2.31. The van der Waals surface area contributed by atoms with E-state index < -0.39 is 0 Å². The molecule has 0 radical (unpaired) electrons. The number of aryl methyl sites for hydroxylation is 1. The third-order valence-electron chi connectivity index (χ3n) is 7.53. The zero-order valence-electron chi connectivity index (χ0n) is 21.7. The lowest BCUT2D eigenvalue weighted by Crippen LogP contribution is -2.42. The van der Waals surface area contributed by atoms with Crippen LogP contribution in [0.25, 0.3) is 22.9 Å². The first kappa shape index (κ1) is 24.9. The highest BCUT2D eigenvalue weighted by atomic mass is 19.1.